The summed E-state index contributed by atoms with van der Waals surface area (Å²) in [6.45, 7) is 9.68. The number of rotatable bonds is 3. The molecular formula is C12H23N3. The van der Waals surface area contributed by atoms with Gasteiger partial charge in [-0.15, -0.1) is 0 Å². The van der Waals surface area contributed by atoms with Crippen LogP contribution < -0.4 is 5.73 Å². The zero-order valence-corrected chi connectivity index (χ0v) is 10.3. The maximum Gasteiger partial charge on any atom is 0.102 e. The molecule has 0 radical (unpaired) electrons. The van der Waals surface area contributed by atoms with Crippen molar-refractivity contribution in [3.8, 4) is 6.07 Å². The Labute approximate surface area is 93.2 Å². The fourth-order valence-electron chi connectivity index (χ4n) is 2.72. The topological polar surface area (TPSA) is 53.0 Å². The molecular weight excluding hydrogens is 186 g/mol. The fourth-order valence-corrected chi connectivity index (χ4v) is 2.72. The average Bonchev–Trinajstić information content (AvgIpc) is 2.45. The molecule has 0 aromatic heterocycles. The van der Waals surface area contributed by atoms with Crippen molar-refractivity contribution in [2.75, 3.05) is 6.54 Å². The Morgan fingerprint density at radius 3 is 2.60 bits per heavy atom. The summed E-state index contributed by atoms with van der Waals surface area (Å²) in [4.78, 5) is 2.48. The molecule has 0 aromatic carbocycles. The summed E-state index contributed by atoms with van der Waals surface area (Å²) in [7, 11) is 0. The Bertz CT molecular complexity index is 254. The fraction of sp³-hybridized carbons (Fsp3) is 0.917. The van der Waals surface area contributed by atoms with E-state index >= 15 is 0 Å². The highest BCUT2D eigenvalue weighted by Gasteiger charge is 2.32. The van der Waals surface area contributed by atoms with Crippen molar-refractivity contribution in [2.24, 2.45) is 11.7 Å². The molecule has 4 atom stereocenters. The van der Waals surface area contributed by atoms with E-state index in [2.05, 4.69) is 31.7 Å². The molecule has 1 saturated heterocycles. The van der Waals surface area contributed by atoms with Gasteiger partial charge in [0, 0.05) is 18.6 Å². The molecule has 0 bridgehead atoms. The number of likely N-dealkylation sites (tertiary alicyclic amines) is 1. The lowest BCUT2D eigenvalue weighted by Gasteiger charge is -2.32. The average molecular weight is 209 g/mol. The van der Waals surface area contributed by atoms with Crippen LogP contribution in [0.4, 0.5) is 0 Å². The van der Waals surface area contributed by atoms with Gasteiger partial charge in [-0.1, -0.05) is 6.92 Å². The lowest BCUT2D eigenvalue weighted by atomic mass is 9.95. The van der Waals surface area contributed by atoms with E-state index in [0.717, 1.165) is 18.9 Å². The van der Waals surface area contributed by atoms with Gasteiger partial charge in [-0.05, 0) is 39.5 Å². The highest BCUT2D eigenvalue weighted by Crippen LogP contribution is 2.27. The number of nitriles is 1. The second kappa shape index (κ2) is 4.51. The second-order valence-corrected chi connectivity index (χ2v) is 5.47. The van der Waals surface area contributed by atoms with Crippen molar-refractivity contribution < 1.29 is 0 Å². The third-order valence-electron chi connectivity index (χ3n) is 3.37. The highest BCUT2D eigenvalue weighted by molar-refractivity contribution is 5.03. The first-order chi connectivity index (χ1) is 6.85. The van der Waals surface area contributed by atoms with Crippen LogP contribution in [-0.4, -0.2) is 29.1 Å². The van der Waals surface area contributed by atoms with Gasteiger partial charge in [0.1, 0.15) is 5.54 Å². The van der Waals surface area contributed by atoms with E-state index in [-0.39, 0.29) is 0 Å². The lowest BCUT2D eigenvalue weighted by Crippen LogP contribution is -2.45. The van der Waals surface area contributed by atoms with Crippen LogP contribution in [0, 0.1) is 17.2 Å². The smallest absolute Gasteiger partial charge is 0.102 e. The molecule has 2 N–H and O–H groups in total. The molecule has 0 saturated carbocycles. The summed E-state index contributed by atoms with van der Waals surface area (Å²) in [5.41, 5.74) is 5.19. The van der Waals surface area contributed by atoms with Crippen LogP contribution in [-0.2, 0) is 0 Å². The van der Waals surface area contributed by atoms with Crippen LogP contribution in [0.3, 0.4) is 0 Å². The van der Waals surface area contributed by atoms with Gasteiger partial charge >= 0.3 is 0 Å². The normalized spacial score (nSPS) is 33.3. The summed E-state index contributed by atoms with van der Waals surface area (Å²) < 4.78 is 0. The van der Waals surface area contributed by atoms with E-state index in [0.29, 0.717) is 12.1 Å². The predicted molar refractivity (Wildman–Crippen MR) is 62.2 cm³/mol. The molecule has 1 aliphatic heterocycles. The Morgan fingerprint density at radius 1 is 1.60 bits per heavy atom. The van der Waals surface area contributed by atoms with Gasteiger partial charge in [0.05, 0.1) is 6.07 Å². The summed E-state index contributed by atoms with van der Waals surface area (Å²) >= 11 is 0. The lowest BCUT2D eigenvalue weighted by molar-refractivity contribution is 0.176. The Balaban J connectivity index is 2.55. The number of nitrogens with zero attached hydrogens (tertiary/aromatic N) is 2. The minimum Gasteiger partial charge on any atom is -0.314 e. The van der Waals surface area contributed by atoms with Gasteiger partial charge < -0.3 is 5.73 Å². The first kappa shape index (κ1) is 12.5. The van der Waals surface area contributed by atoms with Crippen molar-refractivity contribution in [3.05, 3.63) is 0 Å². The zero-order valence-electron chi connectivity index (χ0n) is 10.3. The predicted octanol–water partition coefficient (Wildman–Crippen LogP) is 1.74. The van der Waals surface area contributed by atoms with Crippen molar-refractivity contribution >= 4 is 0 Å². The third kappa shape index (κ3) is 3.19. The summed E-state index contributed by atoms with van der Waals surface area (Å²) in [5.74, 6) is 0.772. The molecule has 1 heterocycles. The minimum absolute atomic E-state index is 0.402. The van der Waals surface area contributed by atoms with Gasteiger partial charge in [-0.25, -0.2) is 0 Å². The third-order valence-corrected chi connectivity index (χ3v) is 3.37. The standard InChI is InChI=1S/C12H23N3/c1-9-5-10(2)15(7-9)11(3)6-12(4,14)8-13/h9-11H,5-7,14H2,1-4H3. The minimum atomic E-state index is -0.690. The maximum absolute atomic E-state index is 8.91. The van der Waals surface area contributed by atoms with Crippen molar-refractivity contribution in [1.29, 1.82) is 5.26 Å². The summed E-state index contributed by atoms with van der Waals surface area (Å²) in [6, 6.07) is 3.20. The van der Waals surface area contributed by atoms with Crippen molar-refractivity contribution in [1.82, 2.24) is 4.90 Å². The molecule has 1 rings (SSSR count). The first-order valence-electron chi connectivity index (χ1n) is 5.81. The van der Waals surface area contributed by atoms with Gasteiger partial charge in [0.2, 0.25) is 0 Å². The Hall–Kier alpha value is -0.590. The largest absolute Gasteiger partial charge is 0.314 e. The molecule has 86 valence electrons. The van der Waals surface area contributed by atoms with E-state index in [1.165, 1.54) is 6.42 Å². The quantitative estimate of drug-likeness (QED) is 0.770. The molecule has 15 heavy (non-hydrogen) atoms. The van der Waals surface area contributed by atoms with E-state index in [1.807, 2.05) is 6.92 Å². The highest BCUT2D eigenvalue weighted by atomic mass is 15.2. The van der Waals surface area contributed by atoms with Crippen molar-refractivity contribution in [3.63, 3.8) is 0 Å². The molecule has 0 amide bonds. The first-order valence-corrected chi connectivity index (χ1v) is 5.81. The molecule has 0 aromatic rings. The molecule has 4 unspecified atom stereocenters. The van der Waals surface area contributed by atoms with E-state index in [1.54, 1.807) is 0 Å². The van der Waals surface area contributed by atoms with Gasteiger partial charge in [-0.2, -0.15) is 5.26 Å². The molecule has 3 heteroatoms. The zero-order chi connectivity index (χ0) is 11.6. The van der Waals surface area contributed by atoms with Crippen LogP contribution in [0.15, 0.2) is 0 Å². The number of hydrogen-bond donors (Lipinski definition) is 1. The van der Waals surface area contributed by atoms with E-state index in [9.17, 15) is 0 Å². The van der Waals surface area contributed by atoms with Crippen molar-refractivity contribution in [2.45, 2.75) is 58.2 Å². The van der Waals surface area contributed by atoms with Gasteiger partial charge in [0.15, 0.2) is 0 Å². The molecule has 1 fully saturated rings. The molecule has 0 aliphatic carbocycles. The van der Waals surface area contributed by atoms with Crippen LogP contribution in [0.5, 0.6) is 0 Å². The SMILES string of the molecule is CC1CC(C)N(C(C)CC(C)(N)C#N)C1. The van der Waals surface area contributed by atoms with Gasteiger partial charge in [0.25, 0.3) is 0 Å². The second-order valence-electron chi connectivity index (χ2n) is 5.47. The maximum atomic E-state index is 8.91. The van der Waals surface area contributed by atoms with Gasteiger partial charge in [-0.3, -0.25) is 4.90 Å². The number of nitrogens with two attached hydrogens (primary N) is 1. The molecule has 0 spiro atoms. The van der Waals surface area contributed by atoms with Crippen LogP contribution >= 0.6 is 0 Å². The van der Waals surface area contributed by atoms with E-state index < -0.39 is 5.54 Å². The molecule has 3 nitrogen and oxygen atoms in total. The Kier molecular flexibility index (Phi) is 3.75. The monoisotopic (exact) mass is 209 g/mol. The Morgan fingerprint density at radius 2 is 2.20 bits per heavy atom. The van der Waals surface area contributed by atoms with Crippen LogP contribution in [0.1, 0.15) is 40.5 Å². The summed E-state index contributed by atoms with van der Waals surface area (Å²) in [5, 5.41) is 8.91. The molecule has 1 aliphatic rings. The number of hydrogen-bond acceptors (Lipinski definition) is 3. The van der Waals surface area contributed by atoms with E-state index in [4.69, 9.17) is 11.0 Å². The van der Waals surface area contributed by atoms with Crippen LogP contribution in [0.2, 0.25) is 0 Å². The van der Waals surface area contributed by atoms with Crippen LogP contribution in [0.25, 0.3) is 0 Å². The summed E-state index contributed by atoms with van der Waals surface area (Å²) in [6.07, 6.45) is 2.01.